The number of rotatable bonds is 5. The van der Waals surface area contributed by atoms with Gasteiger partial charge in [-0.15, -0.1) is 0 Å². The Morgan fingerprint density at radius 2 is 1.95 bits per heavy atom. The Bertz CT molecular complexity index is 623. The van der Waals surface area contributed by atoms with Crippen LogP contribution in [0.1, 0.15) is 11.1 Å². The van der Waals surface area contributed by atoms with E-state index in [1.807, 2.05) is 30.3 Å². The van der Waals surface area contributed by atoms with E-state index < -0.39 is 10.7 Å². The minimum Gasteiger partial charge on any atom is -0.339 e. The summed E-state index contributed by atoms with van der Waals surface area (Å²) in [7, 11) is 0. The average molecular weight is 271 g/mol. The van der Waals surface area contributed by atoms with Crippen LogP contribution in [0, 0.1) is 10.1 Å². The number of nitrogens with zero attached hydrogens (tertiary/aromatic N) is 1. The highest BCUT2D eigenvalue weighted by molar-refractivity contribution is 5.37. The number of benzene rings is 2. The summed E-state index contributed by atoms with van der Waals surface area (Å²) < 4.78 is 11.2. The van der Waals surface area contributed by atoms with E-state index in [4.69, 9.17) is 9.47 Å². The maximum Gasteiger partial charge on any atom is 0.269 e. The summed E-state index contributed by atoms with van der Waals surface area (Å²) in [5.41, 5.74) is 1.76. The van der Waals surface area contributed by atoms with Crippen LogP contribution in [-0.2, 0) is 21.9 Å². The highest BCUT2D eigenvalue weighted by Gasteiger charge is 2.48. The van der Waals surface area contributed by atoms with Crippen molar-refractivity contribution in [1.82, 2.24) is 0 Å². The molecule has 5 heteroatoms. The molecular formula is C15H13NO4. The van der Waals surface area contributed by atoms with Gasteiger partial charge in [0, 0.05) is 17.7 Å². The molecule has 3 rings (SSSR count). The summed E-state index contributed by atoms with van der Waals surface area (Å²) >= 11 is 0. The van der Waals surface area contributed by atoms with Crippen molar-refractivity contribution in [3.05, 3.63) is 75.8 Å². The van der Waals surface area contributed by atoms with Crippen LogP contribution in [0.5, 0.6) is 0 Å². The second kappa shape index (κ2) is 5.03. The first-order valence-electron chi connectivity index (χ1n) is 6.26. The molecule has 5 nitrogen and oxygen atoms in total. The summed E-state index contributed by atoms with van der Waals surface area (Å²) in [6.07, 6.45) is 0. The number of ether oxygens (including phenoxy) is 2. The van der Waals surface area contributed by atoms with Crippen LogP contribution < -0.4 is 0 Å². The number of epoxide rings is 1. The molecule has 1 aliphatic heterocycles. The molecule has 0 spiro atoms. The standard InChI is InChI=1S/C15H13NO4/c17-16(18)14-8-4-7-13(9-14)15(11-20-15)19-10-12-5-2-1-3-6-12/h1-9H,10-11H2. The fourth-order valence-electron chi connectivity index (χ4n) is 2.03. The summed E-state index contributed by atoms with van der Waals surface area (Å²) in [6, 6.07) is 16.1. The van der Waals surface area contributed by atoms with Crippen molar-refractivity contribution >= 4 is 5.69 Å². The summed E-state index contributed by atoms with van der Waals surface area (Å²) in [4.78, 5) is 10.4. The molecule has 0 saturated carbocycles. The molecule has 1 saturated heterocycles. The van der Waals surface area contributed by atoms with Gasteiger partial charge >= 0.3 is 0 Å². The van der Waals surface area contributed by atoms with Crippen molar-refractivity contribution in [2.75, 3.05) is 6.61 Å². The van der Waals surface area contributed by atoms with Crippen molar-refractivity contribution < 1.29 is 14.4 Å². The molecule has 1 atom stereocenters. The third kappa shape index (κ3) is 2.54. The first-order valence-corrected chi connectivity index (χ1v) is 6.26. The van der Waals surface area contributed by atoms with Crippen molar-refractivity contribution in [2.45, 2.75) is 12.4 Å². The lowest BCUT2D eigenvalue weighted by Crippen LogP contribution is -2.14. The zero-order valence-corrected chi connectivity index (χ0v) is 10.7. The normalized spacial score (nSPS) is 20.6. The smallest absolute Gasteiger partial charge is 0.269 e. The summed E-state index contributed by atoms with van der Waals surface area (Å²) in [6.45, 7) is 0.824. The van der Waals surface area contributed by atoms with Gasteiger partial charge in [0.2, 0.25) is 5.79 Å². The fraction of sp³-hybridized carbons (Fsp3) is 0.200. The first kappa shape index (κ1) is 12.8. The molecule has 0 N–H and O–H groups in total. The second-order valence-electron chi connectivity index (χ2n) is 4.62. The van der Waals surface area contributed by atoms with E-state index in [0.29, 0.717) is 18.8 Å². The molecule has 0 radical (unpaired) electrons. The van der Waals surface area contributed by atoms with E-state index in [1.54, 1.807) is 12.1 Å². The van der Waals surface area contributed by atoms with Gasteiger partial charge in [-0.2, -0.15) is 0 Å². The van der Waals surface area contributed by atoms with Crippen LogP contribution in [0.3, 0.4) is 0 Å². The largest absolute Gasteiger partial charge is 0.339 e. The van der Waals surface area contributed by atoms with E-state index in [0.717, 1.165) is 5.56 Å². The van der Waals surface area contributed by atoms with Crippen LogP contribution in [0.15, 0.2) is 54.6 Å². The van der Waals surface area contributed by atoms with Crippen LogP contribution in [-0.4, -0.2) is 11.5 Å². The lowest BCUT2D eigenvalue weighted by atomic mass is 10.1. The third-order valence-corrected chi connectivity index (χ3v) is 3.22. The maximum absolute atomic E-state index is 10.8. The number of hydrogen-bond donors (Lipinski definition) is 0. The monoisotopic (exact) mass is 271 g/mol. The summed E-state index contributed by atoms with van der Waals surface area (Å²) in [5, 5.41) is 10.8. The molecule has 0 aromatic heterocycles. The molecule has 2 aromatic carbocycles. The molecule has 0 aliphatic carbocycles. The van der Waals surface area contributed by atoms with Crippen LogP contribution >= 0.6 is 0 Å². The predicted molar refractivity (Wildman–Crippen MR) is 72.0 cm³/mol. The Hall–Kier alpha value is -2.24. The van der Waals surface area contributed by atoms with Gasteiger partial charge in [0.1, 0.15) is 6.61 Å². The maximum atomic E-state index is 10.8. The molecular weight excluding hydrogens is 258 g/mol. The molecule has 1 unspecified atom stereocenters. The van der Waals surface area contributed by atoms with Gasteiger partial charge < -0.3 is 9.47 Å². The molecule has 20 heavy (non-hydrogen) atoms. The van der Waals surface area contributed by atoms with Gasteiger partial charge in [-0.1, -0.05) is 42.5 Å². The minimum atomic E-state index is -0.831. The van der Waals surface area contributed by atoms with Gasteiger partial charge in [-0.25, -0.2) is 0 Å². The molecule has 1 fully saturated rings. The second-order valence-corrected chi connectivity index (χ2v) is 4.62. The highest BCUT2D eigenvalue weighted by Crippen LogP contribution is 2.41. The molecule has 1 heterocycles. The molecule has 0 bridgehead atoms. The van der Waals surface area contributed by atoms with Crippen LogP contribution in [0.25, 0.3) is 0 Å². The van der Waals surface area contributed by atoms with Gasteiger partial charge in [-0.3, -0.25) is 10.1 Å². The number of nitro benzene ring substituents is 1. The Labute approximate surface area is 115 Å². The molecule has 2 aromatic rings. The van der Waals surface area contributed by atoms with Gasteiger partial charge in [-0.05, 0) is 5.56 Å². The van der Waals surface area contributed by atoms with E-state index in [9.17, 15) is 10.1 Å². The third-order valence-electron chi connectivity index (χ3n) is 3.22. The van der Waals surface area contributed by atoms with Crippen LogP contribution in [0.2, 0.25) is 0 Å². The van der Waals surface area contributed by atoms with Crippen molar-refractivity contribution in [3.8, 4) is 0 Å². The number of non-ortho nitro benzene ring substituents is 1. The van der Waals surface area contributed by atoms with E-state index in [-0.39, 0.29) is 5.69 Å². The first-order chi connectivity index (χ1) is 9.70. The lowest BCUT2D eigenvalue weighted by molar-refractivity contribution is -0.385. The lowest BCUT2D eigenvalue weighted by Gasteiger charge is -2.13. The quantitative estimate of drug-likeness (QED) is 0.476. The van der Waals surface area contributed by atoms with Crippen molar-refractivity contribution in [3.63, 3.8) is 0 Å². The van der Waals surface area contributed by atoms with Crippen LogP contribution in [0.4, 0.5) is 5.69 Å². The van der Waals surface area contributed by atoms with E-state index in [1.165, 1.54) is 12.1 Å². The van der Waals surface area contributed by atoms with E-state index in [2.05, 4.69) is 0 Å². The summed E-state index contributed by atoms with van der Waals surface area (Å²) in [5.74, 6) is -0.831. The minimum absolute atomic E-state index is 0.0423. The Balaban J connectivity index is 1.76. The zero-order valence-electron chi connectivity index (χ0n) is 10.7. The Morgan fingerprint density at radius 3 is 2.60 bits per heavy atom. The fourth-order valence-corrected chi connectivity index (χ4v) is 2.03. The topological polar surface area (TPSA) is 64.9 Å². The van der Waals surface area contributed by atoms with Gasteiger partial charge in [0.15, 0.2) is 0 Å². The van der Waals surface area contributed by atoms with Gasteiger partial charge in [0.25, 0.3) is 5.69 Å². The number of nitro groups is 1. The number of hydrogen-bond acceptors (Lipinski definition) is 4. The van der Waals surface area contributed by atoms with Crippen molar-refractivity contribution in [1.29, 1.82) is 0 Å². The van der Waals surface area contributed by atoms with Crippen molar-refractivity contribution in [2.24, 2.45) is 0 Å². The zero-order chi connectivity index (χ0) is 14.0. The molecule has 0 amide bonds. The average Bonchev–Trinajstić information content (AvgIpc) is 3.28. The molecule has 102 valence electrons. The van der Waals surface area contributed by atoms with E-state index >= 15 is 0 Å². The Kier molecular flexibility index (Phi) is 3.22. The van der Waals surface area contributed by atoms with Gasteiger partial charge in [0.05, 0.1) is 11.5 Å². The highest BCUT2D eigenvalue weighted by atomic mass is 16.8. The molecule has 1 aliphatic rings. The SMILES string of the molecule is O=[N+]([O-])c1cccc(C2(OCc3ccccc3)CO2)c1. The Morgan fingerprint density at radius 1 is 1.20 bits per heavy atom. The predicted octanol–water partition coefficient (Wildman–Crippen LogP) is 2.99.